The number of fused-ring (bicyclic) bond motifs is 3. The van der Waals surface area contributed by atoms with Crippen molar-refractivity contribution in [1.82, 2.24) is 24.5 Å². The van der Waals surface area contributed by atoms with Crippen LogP contribution < -0.4 is 0 Å². The van der Waals surface area contributed by atoms with Gasteiger partial charge in [-0.3, -0.25) is 4.57 Å². The molecule has 0 N–H and O–H groups in total. The molecule has 0 unspecified atom stereocenters. The molecule has 0 spiro atoms. The standard InChI is InChI=1S/C38H25N5/c1-4-14-26(15-5-1)32-25-24-30-29-20-10-12-22-33(29)43(38(30)39-32)34-23-13-11-21-31(34)37-41-35(27-16-6-2-7-17-27)40-36(42-37)28-18-8-3-9-19-28/h1-25H. The summed E-state index contributed by atoms with van der Waals surface area (Å²) in [5.41, 5.74) is 7.68. The summed E-state index contributed by atoms with van der Waals surface area (Å²) in [7, 11) is 0. The molecule has 0 radical (unpaired) electrons. The summed E-state index contributed by atoms with van der Waals surface area (Å²) in [5.74, 6) is 1.87. The van der Waals surface area contributed by atoms with Crippen molar-refractivity contribution in [2.75, 3.05) is 0 Å². The number of rotatable bonds is 5. The van der Waals surface area contributed by atoms with E-state index in [1.54, 1.807) is 0 Å². The first-order valence-corrected chi connectivity index (χ1v) is 14.3. The van der Waals surface area contributed by atoms with Crippen molar-refractivity contribution < 1.29 is 0 Å². The van der Waals surface area contributed by atoms with Crippen molar-refractivity contribution in [3.05, 3.63) is 152 Å². The maximum absolute atomic E-state index is 5.23. The van der Waals surface area contributed by atoms with E-state index in [-0.39, 0.29) is 0 Å². The molecule has 8 aromatic rings. The van der Waals surface area contributed by atoms with Crippen LogP contribution in [0.25, 0.3) is 73.0 Å². The van der Waals surface area contributed by atoms with E-state index in [9.17, 15) is 0 Å². The second-order valence-corrected chi connectivity index (χ2v) is 10.3. The van der Waals surface area contributed by atoms with Crippen LogP contribution in [0.5, 0.6) is 0 Å². The van der Waals surface area contributed by atoms with Crippen LogP contribution in [0.15, 0.2) is 152 Å². The number of pyridine rings is 1. The number of aromatic nitrogens is 5. The fourth-order valence-electron chi connectivity index (χ4n) is 5.64. The first-order valence-electron chi connectivity index (χ1n) is 14.3. The normalized spacial score (nSPS) is 11.3. The van der Waals surface area contributed by atoms with Crippen LogP contribution in [-0.2, 0) is 0 Å². The van der Waals surface area contributed by atoms with Gasteiger partial charge in [0.15, 0.2) is 17.5 Å². The van der Waals surface area contributed by atoms with Gasteiger partial charge in [-0.2, -0.15) is 0 Å². The van der Waals surface area contributed by atoms with Crippen LogP contribution >= 0.6 is 0 Å². The molecule has 0 aliphatic heterocycles. The highest BCUT2D eigenvalue weighted by Gasteiger charge is 2.20. The molecule has 0 atom stereocenters. The molecule has 202 valence electrons. The molecule has 0 bridgehead atoms. The van der Waals surface area contributed by atoms with Crippen molar-refractivity contribution >= 4 is 21.9 Å². The van der Waals surface area contributed by atoms with E-state index in [4.69, 9.17) is 19.9 Å². The zero-order valence-corrected chi connectivity index (χ0v) is 23.2. The lowest BCUT2D eigenvalue weighted by atomic mass is 10.1. The molecule has 5 nitrogen and oxygen atoms in total. The van der Waals surface area contributed by atoms with Gasteiger partial charge >= 0.3 is 0 Å². The molecule has 0 aliphatic carbocycles. The molecule has 5 aromatic carbocycles. The molecule has 0 fully saturated rings. The van der Waals surface area contributed by atoms with Crippen LogP contribution in [-0.4, -0.2) is 24.5 Å². The Balaban J connectivity index is 1.40. The van der Waals surface area contributed by atoms with E-state index >= 15 is 0 Å². The number of para-hydroxylation sites is 2. The third-order valence-electron chi connectivity index (χ3n) is 7.68. The highest BCUT2D eigenvalue weighted by Crippen LogP contribution is 2.36. The van der Waals surface area contributed by atoms with Crippen LogP contribution in [0.1, 0.15) is 0 Å². The molecule has 5 heteroatoms. The van der Waals surface area contributed by atoms with Gasteiger partial charge < -0.3 is 0 Å². The topological polar surface area (TPSA) is 56.5 Å². The quantitative estimate of drug-likeness (QED) is 0.214. The van der Waals surface area contributed by atoms with Gasteiger partial charge in [0.1, 0.15) is 5.65 Å². The lowest BCUT2D eigenvalue weighted by molar-refractivity contribution is 1.06. The molecular weight excluding hydrogens is 526 g/mol. The minimum Gasteiger partial charge on any atom is -0.293 e. The first kappa shape index (κ1) is 24.8. The van der Waals surface area contributed by atoms with Crippen LogP contribution in [0.4, 0.5) is 0 Å². The summed E-state index contributed by atoms with van der Waals surface area (Å²) in [5, 5.41) is 2.24. The predicted molar refractivity (Wildman–Crippen MR) is 174 cm³/mol. The van der Waals surface area contributed by atoms with Gasteiger partial charge in [-0.15, -0.1) is 0 Å². The van der Waals surface area contributed by atoms with Gasteiger partial charge in [-0.25, -0.2) is 19.9 Å². The van der Waals surface area contributed by atoms with Crippen molar-refractivity contribution in [2.45, 2.75) is 0 Å². The Morgan fingerprint density at radius 1 is 0.372 bits per heavy atom. The molecule has 8 rings (SSSR count). The van der Waals surface area contributed by atoms with E-state index in [0.29, 0.717) is 17.5 Å². The lowest BCUT2D eigenvalue weighted by Crippen LogP contribution is -2.04. The maximum atomic E-state index is 5.23. The SMILES string of the molecule is c1ccc(-c2ccc3c4ccccc4n(-c4ccccc4-c4nc(-c5ccccc5)nc(-c5ccccc5)n4)c3n2)cc1. The van der Waals surface area contributed by atoms with Crippen LogP contribution in [0.3, 0.4) is 0 Å². The lowest BCUT2D eigenvalue weighted by Gasteiger charge is -2.14. The minimum atomic E-state index is 0.605. The first-order chi connectivity index (χ1) is 21.3. The van der Waals surface area contributed by atoms with E-state index in [0.717, 1.165) is 55.6 Å². The Kier molecular flexibility index (Phi) is 6.05. The van der Waals surface area contributed by atoms with E-state index < -0.39 is 0 Å². The second kappa shape index (κ2) is 10.5. The maximum Gasteiger partial charge on any atom is 0.166 e. The number of hydrogen-bond donors (Lipinski definition) is 0. The molecule has 0 amide bonds. The molecule has 0 aliphatic rings. The second-order valence-electron chi connectivity index (χ2n) is 10.3. The Bertz CT molecular complexity index is 2170. The third kappa shape index (κ3) is 4.44. The summed E-state index contributed by atoms with van der Waals surface area (Å²) in [6, 6.07) is 51.4. The van der Waals surface area contributed by atoms with E-state index in [2.05, 4.69) is 71.3 Å². The summed E-state index contributed by atoms with van der Waals surface area (Å²) >= 11 is 0. The molecule has 0 saturated heterocycles. The van der Waals surface area contributed by atoms with Crippen LogP contribution in [0, 0.1) is 0 Å². The average Bonchev–Trinajstić information content (AvgIpc) is 3.43. The third-order valence-corrected chi connectivity index (χ3v) is 7.68. The molecule has 43 heavy (non-hydrogen) atoms. The Morgan fingerprint density at radius 3 is 1.58 bits per heavy atom. The van der Waals surface area contributed by atoms with Gasteiger partial charge in [0.2, 0.25) is 0 Å². The monoisotopic (exact) mass is 551 g/mol. The minimum absolute atomic E-state index is 0.605. The predicted octanol–water partition coefficient (Wildman–Crippen LogP) is 9.03. The summed E-state index contributed by atoms with van der Waals surface area (Å²) in [4.78, 5) is 20.2. The molecular formula is C38H25N5. The highest BCUT2D eigenvalue weighted by atomic mass is 15.1. The average molecular weight is 552 g/mol. The Labute approximate surface area is 248 Å². The number of hydrogen-bond acceptors (Lipinski definition) is 4. The molecule has 0 saturated carbocycles. The summed E-state index contributed by atoms with van der Waals surface area (Å²) < 4.78 is 2.24. The van der Waals surface area contributed by atoms with Crippen molar-refractivity contribution in [3.63, 3.8) is 0 Å². The van der Waals surface area contributed by atoms with Crippen molar-refractivity contribution in [2.24, 2.45) is 0 Å². The summed E-state index contributed by atoms with van der Waals surface area (Å²) in [6.45, 7) is 0. The van der Waals surface area contributed by atoms with E-state index in [1.165, 1.54) is 0 Å². The zero-order valence-electron chi connectivity index (χ0n) is 23.2. The van der Waals surface area contributed by atoms with E-state index in [1.807, 2.05) is 84.9 Å². The van der Waals surface area contributed by atoms with Gasteiger partial charge in [0.25, 0.3) is 0 Å². The van der Waals surface area contributed by atoms with Gasteiger partial charge in [0.05, 0.1) is 16.9 Å². The largest absolute Gasteiger partial charge is 0.293 e. The Morgan fingerprint density at radius 2 is 0.907 bits per heavy atom. The zero-order chi connectivity index (χ0) is 28.6. The fourth-order valence-corrected chi connectivity index (χ4v) is 5.64. The van der Waals surface area contributed by atoms with Gasteiger partial charge in [0, 0.05) is 33.0 Å². The van der Waals surface area contributed by atoms with Gasteiger partial charge in [-0.05, 0) is 30.3 Å². The van der Waals surface area contributed by atoms with Crippen molar-refractivity contribution in [3.8, 4) is 51.1 Å². The number of nitrogens with zero attached hydrogens (tertiary/aromatic N) is 5. The number of benzene rings is 5. The molecule has 3 aromatic heterocycles. The Hall–Kier alpha value is -5.94. The molecule has 3 heterocycles. The summed E-state index contributed by atoms with van der Waals surface area (Å²) in [6.07, 6.45) is 0. The smallest absolute Gasteiger partial charge is 0.166 e. The highest BCUT2D eigenvalue weighted by molar-refractivity contribution is 6.08. The fraction of sp³-hybridized carbons (Fsp3) is 0. The van der Waals surface area contributed by atoms with Gasteiger partial charge in [-0.1, -0.05) is 121 Å². The van der Waals surface area contributed by atoms with Crippen LogP contribution in [0.2, 0.25) is 0 Å². The van der Waals surface area contributed by atoms with Crippen molar-refractivity contribution in [1.29, 1.82) is 0 Å².